The summed E-state index contributed by atoms with van der Waals surface area (Å²) in [6.45, 7) is 2.07. The Kier molecular flexibility index (Phi) is 8.56. The van der Waals surface area contributed by atoms with E-state index in [4.69, 9.17) is 20.4 Å². The second kappa shape index (κ2) is 11.5. The number of rotatable bonds is 6. The highest BCUT2D eigenvalue weighted by atomic mass is 19.4. The topological polar surface area (TPSA) is 127 Å². The molecule has 0 spiro atoms. The van der Waals surface area contributed by atoms with Crippen molar-refractivity contribution in [3.63, 3.8) is 0 Å². The second-order valence-corrected chi connectivity index (χ2v) is 8.12. The predicted molar refractivity (Wildman–Crippen MR) is 124 cm³/mol. The normalized spacial score (nSPS) is 12.5. The molecule has 3 heterocycles. The first-order valence-electron chi connectivity index (χ1n) is 10.8. The molecule has 0 radical (unpaired) electrons. The molecule has 0 aliphatic carbocycles. The fraction of sp³-hybridized carbons (Fsp3) is 0.250. The molecule has 0 bridgehead atoms. The third kappa shape index (κ3) is 7.65. The number of hydrogen-bond acceptors (Lipinski definition) is 6. The maximum Gasteiger partial charge on any atom is 0.490 e. The molecular weight excluding hydrogens is 520 g/mol. The lowest BCUT2D eigenvalue weighted by Crippen LogP contribution is -2.30. The number of aryl methyl sites for hydroxylation is 1. The van der Waals surface area contributed by atoms with Gasteiger partial charge in [-0.1, -0.05) is 18.2 Å². The van der Waals surface area contributed by atoms with E-state index in [-0.39, 0.29) is 13.0 Å². The number of nitrogens with two attached hydrogens (primary N) is 1. The maximum atomic E-state index is 12.9. The van der Waals surface area contributed by atoms with Crippen molar-refractivity contribution >= 4 is 16.9 Å². The number of nitrogens with zero attached hydrogens (tertiary/aromatic N) is 3. The zero-order chi connectivity index (χ0) is 28.1. The number of H-pyrrole nitrogens is 1. The maximum absolute atomic E-state index is 12.9. The summed E-state index contributed by atoms with van der Waals surface area (Å²) < 4.78 is 76.1. The number of pyridine rings is 2. The number of benzene rings is 1. The first-order valence-corrected chi connectivity index (χ1v) is 10.8. The zero-order valence-electron chi connectivity index (χ0n) is 19.6. The minimum atomic E-state index is -5.08. The predicted octanol–water partition coefficient (Wildman–Crippen LogP) is 4.93. The Morgan fingerprint density at radius 3 is 2.47 bits per heavy atom. The van der Waals surface area contributed by atoms with Crippen molar-refractivity contribution in [1.82, 2.24) is 20.2 Å². The van der Waals surface area contributed by atoms with Crippen molar-refractivity contribution < 1.29 is 41.0 Å². The Hall–Kier alpha value is -4.20. The summed E-state index contributed by atoms with van der Waals surface area (Å²) in [5.41, 5.74) is 9.12. The first-order chi connectivity index (χ1) is 17.7. The molecule has 0 saturated heterocycles. The second-order valence-electron chi connectivity index (χ2n) is 8.12. The van der Waals surface area contributed by atoms with Gasteiger partial charge >= 0.3 is 18.3 Å². The Labute approximate surface area is 211 Å². The summed E-state index contributed by atoms with van der Waals surface area (Å²) in [5.74, 6) is -2.25. The van der Waals surface area contributed by atoms with E-state index in [9.17, 15) is 26.3 Å². The quantitative estimate of drug-likeness (QED) is 0.296. The molecule has 4 rings (SSSR count). The number of aliphatic carboxylic acids is 1. The highest BCUT2D eigenvalue weighted by Gasteiger charge is 2.38. The Morgan fingerprint density at radius 2 is 1.82 bits per heavy atom. The van der Waals surface area contributed by atoms with E-state index in [2.05, 4.69) is 20.2 Å². The summed E-state index contributed by atoms with van der Waals surface area (Å²) in [5, 5.41) is 15.2. The van der Waals surface area contributed by atoms with Gasteiger partial charge < -0.3 is 15.6 Å². The number of hydrogen-bond donors (Lipinski definition) is 3. The Morgan fingerprint density at radius 1 is 1.11 bits per heavy atom. The molecule has 1 aromatic carbocycles. The molecule has 1 atom stereocenters. The number of ether oxygens (including phenoxy) is 1. The summed E-state index contributed by atoms with van der Waals surface area (Å²) in [6, 6.07) is 8.40. The van der Waals surface area contributed by atoms with Crippen molar-refractivity contribution in [2.24, 2.45) is 5.73 Å². The minimum absolute atomic E-state index is 0.134. The standard InChI is InChI=1S/C22H20F3N5O.C2HF3O2/c1-13-19-8-20(28-11-21(19)30-29-13)15-7-18(10-27-9-15)31-12-17(26)6-14-3-2-4-16(5-14)22(23,24)25;3-2(4,5)1(6)7/h2-5,7-11,17H,6,12,26H2,1H3,(H,29,30);(H,6,7)/t17-;/m0./s1. The van der Waals surface area contributed by atoms with Crippen LogP contribution in [0.4, 0.5) is 26.3 Å². The molecule has 0 fully saturated rings. The van der Waals surface area contributed by atoms with E-state index in [1.807, 2.05) is 13.0 Å². The number of fused-ring (bicyclic) bond motifs is 1. The van der Waals surface area contributed by atoms with Gasteiger partial charge in [-0.25, -0.2) is 4.79 Å². The molecule has 14 heteroatoms. The SMILES string of the molecule is Cc1[nH]nc2cnc(-c3cncc(OC[C@@H](N)Cc4cccc(C(F)(F)F)c4)c3)cc12.O=C(O)C(F)(F)F. The lowest BCUT2D eigenvalue weighted by molar-refractivity contribution is -0.192. The zero-order valence-corrected chi connectivity index (χ0v) is 19.6. The van der Waals surface area contributed by atoms with Gasteiger partial charge in [0.15, 0.2) is 0 Å². The molecule has 4 N–H and O–H groups in total. The highest BCUT2D eigenvalue weighted by molar-refractivity contribution is 5.84. The van der Waals surface area contributed by atoms with Gasteiger partial charge in [-0.15, -0.1) is 0 Å². The van der Waals surface area contributed by atoms with Gasteiger partial charge in [0.1, 0.15) is 17.9 Å². The van der Waals surface area contributed by atoms with Crippen LogP contribution in [-0.4, -0.2) is 50.1 Å². The average molecular weight is 541 g/mol. The van der Waals surface area contributed by atoms with Gasteiger partial charge in [0.25, 0.3) is 0 Å². The van der Waals surface area contributed by atoms with E-state index in [0.29, 0.717) is 11.3 Å². The van der Waals surface area contributed by atoms with Crippen LogP contribution in [0.1, 0.15) is 16.8 Å². The molecule has 0 aliphatic heterocycles. The minimum Gasteiger partial charge on any atom is -0.490 e. The van der Waals surface area contributed by atoms with Crippen LogP contribution < -0.4 is 10.5 Å². The van der Waals surface area contributed by atoms with Gasteiger partial charge in [0.05, 0.1) is 23.7 Å². The van der Waals surface area contributed by atoms with Crippen LogP contribution in [0, 0.1) is 6.92 Å². The Balaban J connectivity index is 0.000000505. The van der Waals surface area contributed by atoms with Gasteiger partial charge in [-0.3, -0.25) is 15.1 Å². The lowest BCUT2D eigenvalue weighted by atomic mass is 10.0. The summed E-state index contributed by atoms with van der Waals surface area (Å²) in [4.78, 5) is 17.5. The van der Waals surface area contributed by atoms with Crippen LogP contribution in [0.3, 0.4) is 0 Å². The molecular formula is C24H21F6N5O3. The third-order valence-electron chi connectivity index (χ3n) is 5.10. The van der Waals surface area contributed by atoms with Crippen LogP contribution in [-0.2, 0) is 17.4 Å². The van der Waals surface area contributed by atoms with Crippen molar-refractivity contribution in [3.8, 4) is 17.0 Å². The smallest absolute Gasteiger partial charge is 0.490 e. The molecule has 4 aromatic rings. The van der Waals surface area contributed by atoms with Crippen LogP contribution in [0.5, 0.6) is 5.75 Å². The molecule has 38 heavy (non-hydrogen) atoms. The highest BCUT2D eigenvalue weighted by Crippen LogP contribution is 2.30. The van der Waals surface area contributed by atoms with Gasteiger partial charge in [-0.05, 0) is 37.1 Å². The van der Waals surface area contributed by atoms with E-state index < -0.39 is 29.9 Å². The average Bonchev–Trinajstić information content (AvgIpc) is 3.22. The van der Waals surface area contributed by atoms with Gasteiger partial charge in [0, 0.05) is 28.9 Å². The number of carboxylic acids is 1. The lowest BCUT2D eigenvalue weighted by Gasteiger charge is -2.15. The third-order valence-corrected chi connectivity index (χ3v) is 5.10. The molecule has 0 amide bonds. The first kappa shape index (κ1) is 28.4. The molecule has 0 saturated carbocycles. The van der Waals surface area contributed by atoms with E-state index in [0.717, 1.165) is 40.0 Å². The van der Waals surface area contributed by atoms with E-state index in [1.54, 1.807) is 30.7 Å². The number of alkyl halides is 6. The Bertz CT molecular complexity index is 1400. The molecule has 0 unspecified atom stereocenters. The number of carbonyl (C=O) groups is 1. The number of aromatic amines is 1. The summed E-state index contributed by atoms with van der Waals surface area (Å²) >= 11 is 0. The fourth-order valence-electron chi connectivity index (χ4n) is 3.28. The molecule has 0 aliphatic rings. The van der Waals surface area contributed by atoms with Gasteiger partial charge in [0.2, 0.25) is 0 Å². The van der Waals surface area contributed by atoms with Gasteiger partial charge in [-0.2, -0.15) is 31.4 Å². The van der Waals surface area contributed by atoms with Crippen LogP contribution in [0.15, 0.2) is 55.0 Å². The molecule has 3 aromatic heterocycles. The number of halogens is 6. The number of aromatic nitrogens is 4. The summed E-state index contributed by atoms with van der Waals surface area (Å²) in [6.07, 6.45) is -4.28. The van der Waals surface area contributed by atoms with Crippen LogP contribution in [0.2, 0.25) is 0 Å². The van der Waals surface area contributed by atoms with Crippen molar-refractivity contribution in [2.75, 3.05) is 6.61 Å². The number of carboxylic acid groups (broad SMARTS) is 1. The largest absolute Gasteiger partial charge is 0.490 e. The fourth-order valence-corrected chi connectivity index (χ4v) is 3.28. The van der Waals surface area contributed by atoms with Crippen LogP contribution in [0.25, 0.3) is 22.2 Å². The molecule has 8 nitrogen and oxygen atoms in total. The van der Waals surface area contributed by atoms with Crippen molar-refractivity contribution in [2.45, 2.75) is 31.7 Å². The molecule has 202 valence electrons. The van der Waals surface area contributed by atoms with Crippen molar-refractivity contribution in [1.29, 1.82) is 0 Å². The van der Waals surface area contributed by atoms with E-state index >= 15 is 0 Å². The van der Waals surface area contributed by atoms with Crippen molar-refractivity contribution in [3.05, 3.63) is 71.8 Å². The van der Waals surface area contributed by atoms with Crippen LogP contribution >= 0.6 is 0 Å². The number of nitrogens with one attached hydrogen (secondary N) is 1. The van der Waals surface area contributed by atoms with E-state index in [1.165, 1.54) is 6.07 Å². The monoisotopic (exact) mass is 541 g/mol. The summed E-state index contributed by atoms with van der Waals surface area (Å²) in [7, 11) is 0.